The SMILES string of the molecule is CCCC(=O)[C@H](C[N+](C)(C)C)C(N)C(=O)O.O=[N+]([O-])c1cc([N+](=O)[O-])c([O-])c([N+](=O)[O-])c1. The van der Waals surface area contributed by atoms with Gasteiger partial charge in [-0.1, -0.05) is 6.92 Å². The van der Waals surface area contributed by atoms with Crippen molar-refractivity contribution in [2.24, 2.45) is 11.7 Å². The van der Waals surface area contributed by atoms with Crippen molar-refractivity contribution in [3.05, 3.63) is 42.5 Å². The number of carboxylic acids is 1. The molecule has 2 atom stereocenters. The Hall–Kier alpha value is -3.72. The number of nitrogens with zero attached hydrogens (tertiary/aromatic N) is 4. The van der Waals surface area contributed by atoms with Crippen LogP contribution in [0, 0.1) is 36.3 Å². The van der Waals surface area contributed by atoms with Crippen LogP contribution in [-0.2, 0) is 9.59 Å². The van der Waals surface area contributed by atoms with E-state index in [0.717, 1.165) is 6.42 Å². The second kappa shape index (κ2) is 11.6. The smallest absolute Gasteiger partial charge is 0.321 e. The molecule has 0 bridgehead atoms. The van der Waals surface area contributed by atoms with Crippen molar-refractivity contribution in [1.82, 2.24) is 0 Å². The zero-order chi connectivity index (χ0) is 25.4. The second-order valence-corrected chi connectivity index (χ2v) is 7.74. The highest BCUT2D eigenvalue weighted by Crippen LogP contribution is 2.36. The van der Waals surface area contributed by atoms with E-state index in [1.165, 1.54) is 0 Å². The Balaban J connectivity index is 0.000000601. The fourth-order valence-corrected chi connectivity index (χ4v) is 2.57. The minimum Gasteiger partial charge on any atom is -0.863 e. The number of aliphatic carboxylic acids is 1. The summed E-state index contributed by atoms with van der Waals surface area (Å²) in [5, 5.41) is 51.0. The van der Waals surface area contributed by atoms with Gasteiger partial charge in [-0.3, -0.25) is 39.9 Å². The predicted octanol–water partition coefficient (Wildman–Crippen LogP) is 0.575. The molecule has 3 N–H and O–H groups in total. The summed E-state index contributed by atoms with van der Waals surface area (Å²) >= 11 is 0. The van der Waals surface area contributed by atoms with Crippen LogP contribution in [0.25, 0.3) is 0 Å². The van der Waals surface area contributed by atoms with Gasteiger partial charge < -0.3 is 20.4 Å². The highest BCUT2D eigenvalue weighted by Gasteiger charge is 2.34. The van der Waals surface area contributed by atoms with E-state index in [2.05, 4.69) is 0 Å². The van der Waals surface area contributed by atoms with Crippen LogP contribution in [0.15, 0.2) is 12.1 Å². The van der Waals surface area contributed by atoms with Gasteiger partial charge in [0.15, 0.2) is 0 Å². The van der Waals surface area contributed by atoms with Gasteiger partial charge in [0, 0.05) is 6.42 Å². The summed E-state index contributed by atoms with van der Waals surface area (Å²) in [5.74, 6) is -3.22. The van der Waals surface area contributed by atoms with Crippen molar-refractivity contribution < 1.29 is 39.1 Å². The van der Waals surface area contributed by atoms with Crippen molar-refractivity contribution in [3.63, 3.8) is 0 Å². The van der Waals surface area contributed by atoms with Gasteiger partial charge in [0.1, 0.15) is 11.8 Å². The lowest BCUT2D eigenvalue weighted by atomic mass is 9.92. The summed E-state index contributed by atoms with van der Waals surface area (Å²) in [6.07, 6.45) is 1.12. The first-order chi connectivity index (χ1) is 14.5. The number of hydrogen-bond donors (Lipinski definition) is 2. The average molecular weight is 459 g/mol. The summed E-state index contributed by atoms with van der Waals surface area (Å²) in [7, 11) is 5.75. The van der Waals surface area contributed by atoms with Crippen molar-refractivity contribution in [1.29, 1.82) is 0 Å². The Morgan fingerprint density at radius 2 is 1.47 bits per heavy atom. The number of carbonyl (C=O) groups is 2. The molecule has 0 fully saturated rings. The molecule has 0 aliphatic carbocycles. The van der Waals surface area contributed by atoms with E-state index in [0.29, 0.717) is 29.6 Å². The van der Waals surface area contributed by atoms with E-state index in [9.17, 15) is 45.0 Å². The highest BCUT2D eigenvalue weighted by atomic mass is 16.6. The molecular weight excluding hydrogens is 434 g/mol. The summed E-state index contributed by atoms with van der Waals surface area (Å²) < 4.78 is 0.529. The molecule has 0 aliphatic heterocycles. The van der Waals surface area contributed by atoms with E-state index < -0.39 is 55.5 Å². The number of nitro benzene ring substituents is 3. The number of nitrogens with two attached hydrogens (primary N) is 1. The maximum atomic E-state index is 11.8. The van der Waals surface area contributed by atoms with Crippen LogP contribution in [0.3, 0.4) is 0 Å². The monoisotopic (exact) mass is 459 g/mol. The molecule has 0 heterocycles. The molecule has 0 amide bonds. The van der Waals surface area contributed by atoms with Crippen LogP contribution in [0.5, 0.6) is 5.75 Å². The van der Waals surface area contributed by atoms with E-state index in [4.69, 9.17) is 10.8 Å². The number of nitro groups is 3. The van der Waals surface area contributed by atoms with Crippen LogP contribution in [0.1, 0.15) is 19.8 Å². The van der Waals surface area contributed by atoms with Crippen molar-refractivity contribution in [2.45, 2.75) is 25.8 Å². The lowest BCUT2D eigenvalue weighted by molar-refractivity contribution is -0.872. The number of carbonyl (C=O) groups excluding carboxylic acids is 1. The molecule has 0 saturated carbocycles. The van der Waals surface area contributed by atoms with Gasteiger partial charge in [-0.05, 0) is 6.42 Å². The van der Waals surface area contributed by atoms with Crippen molar-refractivity contribution in [3.8, 4) is 5.75 Å². The molecule has 0 spiro atoms. The molecule has 0 radical (unpaired) electrons. The van der Waals surface area contributed by atoms with Crippen LogP contribution in [0.2, 0.25) is 0 Å². The fraction of sp³-hybridized carbons (Fsp3) is 0.529. The normalized spacial score (nSPS) is 12.7. The standard InChI is InChI=1S/C11H22N2O3.C6H3N3O7/c1-5-6-9(14)8(7-13(2,3)4)10(12)11(15)16;10-6-4(8(13)14)1-3(7(11)12)2-5(6)9(15)16/h8,10H,5-7,12H2,1-4H3;1-2,10H/t8-,10?;/m0./s1. The third-order valence-corrected chi connectivity index (χ3v) is 4.01. The summed E-state index contributed by atoms with van der Waals surface area (Å²) in [5.41, 5.74) is 2.30. The Labute approximate surface area is 182 Å². The number of rotatable bonds is 10. The molecule has 1 rings (SSSR count). The number of hydrogen-bond acceptors (Lipinski definition) is 10. The lowest BCUT2D eigenvalue weighted by Crippen LogP contribution is -2.51. The molecule has 0 saturated heterocycles. The maximum absolute atomic E-state index is 11.8. The molecule has 15 nitrogen and oxygen atoms in total. The first-order valence-corrected chi connectivity index (χ1v) is 9.13. The second-order valence-electron chi connectivity index (χ2n) is 7.74. The quantitative estimate of drug-likeness (QED) is 0.279. The van der Waals surface area contributed by atoms with Gasteiger partial charge in [-0.2, -0.15) is 0 Å². The number of Topliss-reactive ketones (excluding diaryl/α,β-unsaturated/α-hetero) is 1. The first kappa shape index (κ1) is 28.3. The van der Waals surface area contributed by atoms with Crippen molar-refractivity contribution >= 4 is 28.8 Å². The highest BCUT2D eigenvalue weighted by molar-refractivity contribution is 5.88. The van der Waals surface area contributed by atoms with Crippen LogP contribution in [-0.4, -0.2) is 69.8 Å². The summed E-state index contributed by atoms with van der Waals surface area (Å²) in [6.45, 7) is 2.35. The Kier molecular flexibility index (Phi) is 10.3. The van der Waals surface area contributed by atoms with E-state index >= 15 is 0 Å². The zero-order valence-electron chi connectivity index (χ0n) is 17.9. The fourth-order valence-electron chi connectivity index (χ4n) is 2.57. The van der Waals surface area contributed by atoms with Gasteiger partial charge in [-0.15, -0.1) is 0 Å². The minimum atomic E-state index is -1.46. The average Bonchev–Trinajstić information content (AvgIpc) is 2.64. The van der Waals surface area contributed by atoms with E-state index in [1.807, 2.05) is 28.1 Å². The third kappa shape index (κ3) is 8.57. The summed E-state index contributed by atoms with van der Waals surface area (Å²) in [4.78, 5) is 50.2. The maximum Gasteiger partial charge on any atom is 0.321 e. The third-order valence-electron chi connectivity index (χ3n) is 4.01. The zero-order valence-corrected chi connectivity index (χ0v) is 17.9. The summed E-state index contributed by atoms with van der Waals surface area (Å²) in [6, 6.07) is -0.332. The molecule has 178 valence electrons. The van der Waals surface area contributed by atoms with Gasteiger partial charge >= 0.3 is 5.97 Å². The minimum absolute atomic E-state index is 0.0505. The van der Waals surface area contributed by atoms with Crippen LogP contribution < -0.4 is 10.8 Å². The number of non-ortho nitro benzene ring substituents is 1. The Bertz CT molecular complexity index is 861. The van der Waals surface area contributed by atoms with Gasteiger partial charge in [0.05, 0.1) is 66.3 Å². The molecule has 32 heavy (non-hydrogen) atoms. The number of benzene rings is 1. The van der Waals surface area contributed by atoms with Gasteiger partial charge in [0.25, 0.3) is 17.1 Å². The first-order valence-electron chi connectivity index (χ1n) is 9.13. The predicted molar refractivity (Wildman–Crippen MR) is 108 cm³/mol. The Morgan fingerprint density at radius 1 is 1.03 bits per heavy atom. The van der Waals surface area contributed by atoms with E-state index in [1.54, 1.807) is 0 Å². The molecule has 1 unspecified atom stereocenters. The van der Waals surface area contributed by atoms with E-state index in [-0.39, 0.29) is 5.78 Å². The molecule has 1 aromatic rings. The number of ketones is 1. The van der Waals surface area contributed by atoms with Crippen molar-refractivity contribution in [2.75, 3.05) is 27.7 Å². The molecule has 0 aromatic heterocycles. The van der Waals surface area contributed by atoms with Gasteiger partial charge in [0.2, 0.25) is 0 Å². The number of quaternary nitrogens is 1. The number of carboxylic acid groups (broad SMARTS) is 1. The topological polar surface area (TPSA) is 233 Å². The largest absolute Gasteiger partial charge is 0.863 e. The molecule has 0 aliphatic rings. The lowest BCUT2D eigenvalue weighted by Gasteiger charge is -2.30. The van der Waals surface area contributed by atoms with Crippen LogP contribution in [0.4, 0.5) is 17.1 Å². The molecule has 15 heteroatoms. The molecule has 1 aromatic carbocycles. The van der Waals surface area contributed by atoms with Gasteiger partial charge in [-0.25, -0.2) is 0 Å². The van der Waals surface area contributed by atoms with Crippen LogP contribution >= 0.6 is 0 Å². The molecular formula is C17H25N5O10. The Morgan fingerprint density at radius 3 is 1.75 bits per heavy atom.